The Bertz CT molecular complexity index is 841. The zero-order valence-corrected chi connectivity index (χ0v) is 20.4. The van der Waals surface area contributed by atoms with Crippen LogP contribution in [0.5, 0.6) is 0 Å². The number of oxime groups is 1. The van der Waals surface area contributed by atoms with E-state index in [4.69, 9.17) is 25.9 Å². The Labute approximate surface area is 204 Å². The Kier molecular flexibility index (Phi) is 10.4. The van der Waals surface area contributed by atoms with Gasteiger partial charge in [0.15, 0.2) is 0 Å². The van der Waals surface area contributed by atoms with Gasteiger partial charge in [-0.3, -0.25) is 19.2 Å². The van der Waals surface area contributed by atoms with Crippen molar-refractivity contribution in [2.75, 3.05) is 51.9 Å². The van der Waals surface area contributed by atoms with Crippen molar-refractivity contribution in [3.8, 4) is 0 Å². The summed E-state index contributed by atoms with van der Waals surface area (Å²) < 4.78 is 19.5. The lowest BCUT2D eigenvalue weighted by atomic mass is 9.88. The van der Waals surface area contributed by atoms with Crippen LogP contribution in [0.1, 0.15) is 13.8 Å². The van der Waals surface area contributed by atoms with E-state index in [2.05, 4.69) is 19.9 Å². The largest absolute Gasteiger partial charge is 0.511 e. The summed E-state index contributed by atoms with van der Waals surface area (Å²) in [5.41, 5.74) is -1.75. The van der Waals surface area contributed by atoms with Gasteiger partial charge in [0, 0.05) is 19.4 Å². The number of alkyl halides is 1. The number of thioether (sulfide) groups is 1. The van der Waals surface area contributed by atoms with Crippen LogP contribution in [0.2, 0.25) is 0 Å². The summed E-state index contributed by atoms with van der Waals surface area (Å²) in [6.45, 7) is 2.70. The van der Waals surface area contributed by atoms with E-state index in [1.165, 1.54) is 23.8 Å². The van der Waals surface area contributed by atoms with Crippen LogP contribution in [0.4, 0.5) is 4.79 Å². The molecule has 2 unspecified atom stereocenters. The number of ketones is 1. The van der Waals surface area contributed by atoms with Crippen LogP contribution in [0.15, 0.2) is 5.16 Å². The maximum Gasteiger partial charge on any atom is 0.511 e. The number of amides is 2. The molecule has 2 fully saturated rings. The monoisotopic (exact) mass is 523 g/mol. The fourth-order valence-electron chi connectivity index (χ4n) is 3.24. The normalized spacial score (nSPS) is 23.8. The van der Waals surface area contributed by atoms with Crippen molar-refractivity contribution >= 4 is 58.8 Å². The highest BCUT2D eigenvalue weighted by molar-refractivity contribution is 8.00. The van der Waals surface area contributed by atoms with Gasteiger partial charge in [0.05, 0.1) is 19.1 Å². The highest BCUT2D eigenvalue weighted by Crippen LogP contribution is 2.42. The molecule has 2 rings (SSSR count). The molecule has 0 spiro atoms. The highest BCUT2D eigenvalue weighted by Gasteiger charge is 2.58. The molecule has 2 saturated heterocycles. The van der Waals surface area contributed by atoms with Gasteiger partial charge < -0.3 is 34.0 Å². The van der Waals surface area contributed by atoms with E-state index in [9.17, 15) is 24.0 Å². The standard InChI is InChI=1S/C19H26ClN3O10S/c1-4-30-18(28)32-10-31-17(27)19(8-29-3)7-23-15(26)13(16(23)34-9-19)21-14(25)12(11(24)6-20)22-33-5-2/h13,16H,4-10H2,1-3H3,(H,21,25)/t13?,16-,19?/m1/s1. The number of esters is 1. The van der Waals surface area contributed by atoms with Gasteiger partial charge in [0.25, 0.3) is 5.91 Å². The zero-order valence-electron chi connectivity index (χ0n) is 18.9. The molecular weight excluding hydrogens is 498 g/mol. The van der Waals surface area contributed by atoms with Crippen LogP contribution in [0, 0.1) is 5.41 Å². The molecular formula is C19H26ClN3O10S. The molecule has 0 aliphatic carbocycles. The number of carbonyl (C=O) groups is 5. The maximum atomic E-state index is 12.8. The van der Waals surface area contributed by atoms with Crippen LogP contribution < -0.4 is 5.32 Å². The summed E-state index contributed by atoms with van der Waals surface area (Å²) in [5.74, 6) is -3.11. The number of nitrogens with zero attached hydrogens (tertiary/aromatic N) is 2. The molecule has 190 valence electrons. The molecule has 0 bridgehead atoms. The average Bonchev–Trinajstić information content (AvgIpc) is 2.82. The number of carbonyl (C=O) groups excluding carboxylic acids is 5. The molecule has 0 aromatic rings. The number of fused-ring (bicyclic) bond motifs is 1. The van der Waals surface area contributed by atoms with E-state index in [1.807, 2.05) is 0 Å². The number of methoxy groups -OCH3 is 1. The second-order valence-corrected chi connectivity index (χ2v) is 8.50. The lowest BCUT2D eigenvalue weighted by Gasteiger charge is -2.53. The van der Waals surface area contributed by atoms with Gasteiger partial charge in [-0.2, -0.15) is 0 Å². The fraction of sp³-hybridized carbons (Fsp3) is 0.684. The van der Waals surface area contributed by atoms with Crippen molar-refractivity contribution in [1.29, 1.82) is 0 Å². The van der Waals surface area contributed by atoms with E-state index >= 15 is 0 Å². The summed E-state index contributed by atoms with van der Waals surface area (Å²) in [6, 6.07) is -0.934. The number of ether oxygens (including phenoxy) is 4. The molecule has 3 atom stereocenters. The molecule has 0 aromatic heterocycles. The molecule has 2 aliphatic rings. The molecule has 2 heterocycles. The third kappa shape index (κ3) is 6.30. The van der Waals surface area contributed by atoms with E-state index in [0.717, 1.165) is 0 Å². The quantitative estimate of drug-likeness (QED) is 0.0691. The van der Waals surface area contributed by atoms with Gasteiger partial charge in [0.2, 0.25) is 24.2 Å². The van der Waals surface area contributed by atoms with Crippen LogP contribution in [0.3, 0.4) is 0 Å². The van der Waals surface area contributed by atoms with Crippen LogP contribution in [-0.2, 0) is 43.0 Å². The van der Waals surface area contributed by atoms with Crippen molar-refractivity contribution in [3.05, 3.63) is 0 Å². The van der Waals surface area contributed by atoms with Crippen LogP contribution >= 0.6 is 23.4 Å². The molecule has 34 heavy (non-hydrogen) atoms. The van der Waals surface area contributed by atoms with E-state index < -0.39 is 64.9 Å². The number of rotatable bonds is 12. The second-order valence-electron chi connectivity index (χ2n) is 7.12. The van der Waals surface area contributed by atoms with Crippen LogP contribution in [0.25, 0.3) is 0 Å². The molecule has 1 N–H and O–H groups in total. The topological polar surface area (TPSA) is 159 Å². The average molecular weight is 524 g/mol. The van der Waals surface area contributed by atoms with E-state index in [0.29, 0.717) is 0 Å². The summed E-state index contributed by atoms with van der Waals surface area (Å²) in [7, 11) is 1.40. The second kappa shape index (κ2) is 12.8. The number of β-lactam (4-membered cyclic amide) rings is 1. The first-order valence-electron chi connectivity index (χ1n) is 10.2. The highest BCUT2D eigenvalue weighted by atomic mass is 35.5. The van der Waals surface area contributed by atoms with Gasteiger partial charge in [-0.15, -0.1) is 23.4 Å². The summed E-state index contributed by atoms with van der Waals surface area (Å²) in [5, 5.41) is 5.49. The summed E-state index contributed by atoms with van der Waals surface area (Å²) in [4.78, 5) is 67.3. The lowest BCUT2D eigenvalue weighted by molar-refractivity contribution is -0.173. The molecule has 0 aromatic carbocycles. The van der Waals surface area contributed by atoms with Crippen LogP contribution in [-0.4, -0.2) is 104 Å². The predicted molar refractivity (Wildman–Crippen MR) is 118 cm³/mol. The Morgan fingerprint density at radius 2 is 1.94 bits per heavy atom. The lowest BCUT2D eigenvalue weighted by Crippen LogP contribution is -2.74. The third-order valence-corrected chi connectivity index (χ3v) is 6.63. The van der Waals surface area contributed by atoms with E-state index in [-0.39, 0.29) is 32.1 Å². The maximum absolute atomic E-state index is 12.8. The minimum absolute atomic E-state index is 0.0392. The molecule has 2 amide bonds. The Balaban J connectivity index is 2.02. The van der Waals surface area contributed by atoms with Gasteiger partial charge in [-0.25, -0.2) is 4.79 Å². The van der Waals surface area contributed by atoms with Crippen molar-refractivity contribution in [2.24, 2.45) is 10.6 Å². The summed E-state index contributed by atoms with van der Waals surface area (Å²) in [6.07, 6.45) is -0.981. The number of nitrogens with one attached hydrogen (secondary N) is 1. The van der Waals surface area contributed by atoms with Gasteiger partial charge in [0.1, 0.15) is 23.4 Å². The Hall–Kier alpha value is -2.58. The predicted octanol–water partition coefficient (Wildman–Crippen LogP) is -0.107. The van der Waals surface area contributed by atoms with Gasteiger partial charge in [-0.05, 0) is 13.8 Å². The number of Topliss-reactive ketones (excluding diaryl/α,β-unsaturated/α-hetero) is 1. The van der Waals surface area contributed by atoms with Crippen molar-refractivity contribution in [1.82, 2.24) is 10.2 Å². The molecule has 0 radical (unpaired) electrons. The Morgan fingerprint density at radius 3 is 2.56 bits per heavy atom. The number of halogens is 1. The minimum Gasteiger partial charge on any atom is -0.435 e. The molecule has 2 aliphatic heterocycles. The fourth-order valence-corrected chi connectivity index (χ4v) is 4.88. The molecule has 13 nitrogen and oxygen atoms in total. The third-order valence-electron chi connectivity index (χ3n) is 4.80. The SMILES string of the molecule is CCON=C(C(=O)CCl)C(=O)NC1C(=O)N2CC(COC)(C(=O)OCOC(=O)OCC)CS[C@H]12. The molecule has 0 saturated carbocycles. The number of hydrogen-bond acceptors (Lipinski definition) is 12. The first-order chi connectivity index (χ1) is 16.2. The van der Waals surface area contributed by atoms with Crippen molar-refractivity contribution in [3.63, 3.8) is 0 Å². The van der Waals surface area contributed by atoms with Gasteiger partial charge >= 0.3 is 12.1 Å². The van der Waals surface area contributed by atoms with Crippen molar-refractivity contribution < 1.29 is 47.8 Å². The molecule has 15 heteroatoms. The van der Waals surface area contributed by atoms with Gasteiger partial charge in [-0.1, -0.05) is 5.16 Å². The zero-order chi connectivity index (χ0) is 25.3. The smallest absolute Gasteiger partial charge is 0.435 e. The Morgan fingerprint density at radius 1 is 1.21 bits per heavy atom. The minimum atomic E-state index is -1.21. The number of hydrogen-bond donors (Lipinski definition) is 1. The first kappa shape index (κ1) is 27.7. The van der Waals surface area contributed by atoms with E-state index in [1.54, 1.807) is 13.8 Å². The summed E-state index contributed by atoms with van der Waals surface area (Å²) >= 11 is 6.75. The van der Waals surface area contributed by atoms with Crippen molar-refractivity contribution in [2.45, 2.75) is 25.3 Å². The first-order valence-corrected chi connectivity index (χ1v) is 11.8.